The van der Waals surface area contributed by atoms with E-state index in [4.69, 9.17) is 10.5 Å². The molecule has 4 heteroatoms. The molecule has 0 aromatic heterocycles. The largest absolute Gasteiger partial charge is 0.459 e. The number of anilines is 2. The second-order valence-electron chi connectivity index (χ2n) is 5.03. The molecular weight excluding hydrogens is 228 g/mol. The summed E-state index contributed by atoms with van der Waals surface area (Å²) in [7, 11) is 0. The number of rotatable bonds is 5. The van der Waals surface area contributed by atoms with Crippen LogP contribution in [0.5, 0.6) is 0 Å². The normalized spacial score (nSPS) is 10.8. The topological polar surface area (TPSA) is 64.3 Å². The van der Waals surface area contributed by atoms with Crippen LogP contribution in [0.4, 0.5) is 11.4 Å². The van der Waals surface area contributed by atoms with Crippen LogP contribution in [-0.4, -0.2) is 18.6 Å². The average molecular weight is 250 g/mol. The zero-order chi connectivity index (χ0) is 13.7. The molecule has 0 radical (unpaired) electrons. The van der Waals surface area contributed by atoms with Gasteiger partial charge in [0.25, 0.3) is 0 Å². The molecule has 1 rings (SSSR count). The Bertz CT molecular complexity index is 414. The number of hydrogen-bond acceptors (Lipinski definition) is 4. The predicted octanol–water partition coefficient (Wildman–Crippen LogP) is 2.90. The fraction of sp³-hybridized carbons (Fsp3) is 0.500. The molecule has 0 amide bonds. The summed E-state index contributed by atoms with van der Waals surface area (Å²) in [5.74, 6) is 0.196. The fourth-order valence-corrected chi connectivity index (χ4v) is 1.45. The van der Waals surface area contributed by atoms with E-state index in [-0.39, 0.29) is 12.1 Å². The Hall–Kier alpha value is -1.71. The Morgan fingerprint density at radius 3 is 2.50 bits per heavy atom. The van der Waals surface area contributed by atoms with Crippen molar-refractivity contribution in [2.45, 2.75) is 33.8 Å². The van der Waals surface area contributed by atoms with Crippen LogP contribution in [0.1, 0.15) is 38.1 Å². The first-order chi connectivity index (χ1) is 8.40. The van der Waals surface area contributed by atoms with Crippen LogP contribution >= 0.6 is 0 Å². The van der Waals surface area contributed by atoms with Crippen LogP contribution in [0.3, 0.4) is 0 Å². The van der Waals surface area contributed by atoms with E-state index in [1.807, 2.05) is 19.9 Å². The van der Waals surface area contributed by atoms with Gasteiger partial charge in [0, 0.05) is 6.54 Å². The maximum Gasteiger partial charge on any atom is 0.338 e. The van der Waals surface area contributed by atoms with Crippen molar-refractivity contribution >= 4 is 17.3 Å². The van der Waals surface area contributed by atoms with Crippen LogP contribution in [0.2, 0.25) is 0 Å². The number of hydrogen-bond donors (Lipinski definition) is 2. The highest BCUT2D eigenvalue weighted by atomic mass is 16.5. The Morgan fingerprint density at radius 2 is 2.00 bits per heavy atom. The molecule has 18 heavy (non-hydrogen) atoms. The van der Waals surface area contributed by atoms with Gasteiger partial charge in [-0.15, -0.1) is 0 Å². The van der Waals surface area contributed by atoms with Crippen molar-refractivity contribution in [3.05, 3.63) is 23.8 Å². The van der Waals surface area contributed by atoms with Gasteiger partial charge in [0.2, 0.25) is 0 Å². The van der Waals surface area contributed by atoms with Crippen LogP contribution in [0.15, 0.2) is 18.2 Å². The molecule has 1 aromatic carbocycles. The minimum absolute atomic E-state index is 0.127. The van der Waals surface area contributed by atoms with Gasteiger partial charge in [0.1, 0.15) is 0 Å². The first-order valence-electron chi connectivity index (χ1n) is 6.24. The second-order valence-corrected chi connectivity index (χ2v) is 5.03. The lowest BCUT2D eigenvalue weighted by molar-refractivity contribution is 0.0378. The molecule has 0 atom stereocenters. The Kier molecular flexibility index (Phi) is 5.01. The minimum atomic E-state index is -0.341. The van der Waals surface area contributed by atoms with Gasteiger partial charge in [-0.05, 0) is 38.0 Å². The van der Waals surface area contributed by atoms with Gasteiger partial charge < -0.3 is 15.8 Å². The van der Waals surface area contributed by atoms with Crippen molar-refractivity contribution in [3.8, 4) is 0 Å². The van der Waals surface area contributed by atoms with Gasteiger partial charge in [-0.3, -0.25) is 0 Å². The maximum atomic E-state index is 11.7. The van der Waals surface area contributed by atoms with E-state index in [1.54, 1.807) is 12.1 Å². The summed E-state index contributed by atoms with van der Waals surface area (Å²) < 4.78 is 5.11. The van der Waals surface area contributed by atoms with Crippen molar-refractivity contribution in [1.82, 2.24) is 0 Å². The number of nitrogen functional groups attached to an aromatic ring is 1. The van der Waals surface area contributed by atoms with Gasteiger partial charge in [-0.25, -0.2) is 4.79 Å². The zero-order valence-corrected chi connectivity index (χ0v) is 11.5. The molecule has 0 saturated carbocycles. The molecule has 0 fully saturated rings. The summed E-state index contributed by atoms with van der Waals surface area (Å²) in [6, 6.07) is 5.19. The molecule has 0 spiro atoms. The van der Waals surface area contributed by atoms with Crippen molar-refractivity contribution in [3.63, 3.8) is 0 Å². The van der Waals surface area contributed by atoms with Crippen molar-refractivity contribution < 1.29 is 9.53 Å². The standard InChI is InChI=1S/C14H22N2O2/c1-9(2)8-16-13-6-5-11(7-12(13)15)14(17)18-10(3)4/h5-7,9-10,16H,8,15H2,1-4H3. The number of esters is 1. The van der Waals surface area contributed by atoms with E-state index in [2.05, 4.69) is 19.2 Å². The van der Waals surface area contributed by atoms with E-state index < -0.39 is 0 Å². The molecule has 100 valence electrons. The number of ether oxygens (including phenoxy) is 1. The van der Waals surface area contributed by atoms with E-state index in [0.717, 1.165) is 12.2 Å². The van der Waals surface area contributed by atoms with E-state index in [0.29, 0.717) is 17.2 Å². The number of nitrogens with two attached hydrogens (primary N) is 1. The quantitative estimate of drug-likeness (QED) is 0.623. The molecule has 1 aromatic rings. The smallest absolute Gasteiger partial charge is 0.338 e. The lowest BCUT2D eigenvalue weighted by atomic mass is 10.1. The first-order valence-corrected chi connectivity index (χ1v) is 6.24. The third kappa shape index (κ3) is 4.28. The van der Waals surface area contributed by atoms with E-state index in [1.165, 1.54) is 0 Å². The summed E-state index contributed by atoms with van der Waals surface area (Å²) in [6.07, 6.45) is -0.127. The third-order valence-corrected chi connectivity index (χ3v) is 2.33. The van der Waals surface area contributed by atoms with Gasteiger partial charge in [-0.1, -0.05) is 13.8 Å². The van der Waals surface area contributed by atoms with Gasteiger partial charge in [0.05, 0.1) is 23.0 Å². The van der Waals surface area contributed by atoms with Crippen LogP contribution in [0, 0.1) is 5.92 Å². The molecule has 3 N–H and O–H groups in total. The predicted molar refractivity (Wildman–Crippen MR) is 74.7 cm³/mol. The van der Waals surface area contributed by atoms with Crippen molar-refractivity contribution in [2.24, 2.45) is 5.92 Å². The second kappa shape index (κ2) is 6.28. The molecular formula is C14H22N2O2. The third-order valence-electron chi connectivity index (χ3n) is 2.33. The average Bonchev–Trinajstić information content (AvgIpc) is 2.26. The molecule has 0 aliphatic carbocycles. The highest BCUT2D eigenvalue weighted by Gasteiger charge is 2.11. The summed E-state index contributed by atoms with van der Waals surface area (Å²) in [5.41, 5.74) is 7.80. The van der Waals surface area contributed by atoms with E-state index in [9.17, 15) is 4.79 Å². The van der Waals surface area contributed by atoms with E-state index >= 15 is 0 Å². The Balaban J connectivity index is 2.75. The SMILES string of the molecule is CC(C)CNc1ccc(C(=O)OC(C)C)cc1N. The van der Waals surface area contributed by atoms with Crippen LogP contribution in [-0.2, 0) is 4.74 Å². The monoisotopic (exact) mass is 250 g/mol. The summed E-state index contributed by atoms with van der Waals surface area (Å²) in [6.45, 7) is 8.73. The molecule has 0 saturated heterocycles. The van der Waals surface area contributed by atoms with Gasteiger partial charge >= 0.3 is 5.97 Å². The lowest BCUT2D eigenvalue weighted by Crippen LogP contribution is -2.13. The first kappa shape index (κ1) is 14.4. The van der Waals surface area contributed by atoms with Crippen LogP contribution < -0.4 is 11.1 Å². The Morgan fingerprint density at radius 1 is 1.33 bits per heavy atom. The molecule has 0 bridgehead atoms. The highest BCUT2D eigenvalue weighted by molar-refractivity contribution is 5.92. The minimum Gasteiger partial charge on any atom is -0.459 e. The van der Waals surface area contributed by atoms with Gasteiger partial charge in [0.15, 0.2) is 0 Å². The molecule has 0 unspecified atom stereocenters. The summed E-state index contributed by atoms with van der Waals surface area (Å²) >= 11 is 0. The van der Waals surface area contributed by atoms with Crippen molar-refractivity contribution in [2.75, 3.05) is 17.6 Å². The highest BCUT2D eigenvalue weighted by Crippen LogP contribution is 2.21. The number of benzene rings is 1. The van der Waals surface area contributed by atoms with Crippen molar-refractivity contribution in [1.29, 1.82) is 0 Å². The summed E-state index contributed by atoms with van der Waals surface area (Å²) in [5, 5.41) is 3.24. The lowest BCUT2D eigenvalue weighted by Gasteiger charge is -2.13. The molecule has 0 aliphatic rings. The number of carbonyl (C=O) groups is 1. The summed E-state index contributed by atoms with van der Waals surface area (Å²) in [4.78, 5) is 11.7. The zero-order valence-electron chi connectivity index (χ0n) is 11.5. The molecule has 0 aliphatic heterocycles. The fourth-order valence-electron chi connectivity index (χ4n) is 1.45. The van der Waals surface area contributed by atoms with Crippen LogP contribution in [0.25, 0.3) is 0 Å². The Labute approximate surface area is 109 Å². The van der Waals surface area contributed by atoms with Gasteiger partial charge in [-0.2, -0.15) is 0 Å². The number of nitrogens with one attached hydrogen (secondary N) is 1. The maximum absolute atomic E-state index is 11.7. The number of carbonyl (C=O) groups excluding carboxylic acids is 1. The molecule has 4 nitrogen and oxygen atoms in total. The molecule has 0 heterocycles.